The summed E-state index contributed by atoms with van der Waals surface area (Å²) in [5.74, 6) is -1.38. The van der Waals surface area contributed by atoms with Crippen LogP contribution in [0.1, 0.15) is 19.4 Å². The number of benzene rings is 2. The fraction of sp³-hybridized carbons (Fsp3) is 0.200. The fourth-order valence-electron chi connectivity index (χ4n) is 2.50. The molecule has 0 aromatic heterocycles. The SMILES string of the molecule is CCN(CC)c1ccc(/C=C(/C#N)C(=O)Nc2ccccc2F)c(O)c1. The Balaban J connectivity index is 2.27. The van der Waals surface area contributed by atoms with E-state index in [1.165, 1.54) is 24.3 Å². The van der Waals surface area contributed by atoms with Crippen LogP contribution in [0.4, 0.5) is 15.8 Å². The van der Waals surface area contributed by atoms with Gasteiger partial charge in [-0.25, -0.2) is 4.39 Å². The highest BCUT2D eigenvalue weighted by Crippen LogP contribution is 2.26. The average Bonchev–Trinajstić information content (AvgIpc) is 2.64. The lowest BCUT2D eigenvalue weighted by Gasteiger charge is -2.21. The minimum Gasteiger partial charge on any atom is -0.507 e. The molecule has 2 N–H and O–H groups in total. The molecule has 26 heavy (non-hydrogen) atoms. The van der Waals surface area contributed by atoms with E-state index in [0.29, 0.717) is 5.56 Å². The van der Waals surface area contributed by atoms with Gasteiger partial charge in [0.1, 0.15) is 23.2 Å². The van der Waals surface area contributed by atoms with Gasteiger partial charge in [0.05, 0.1) is 5.69 Å². The van der Waals surface area contributed by atoms with Crippen molar-refractivity contribution in [2.45, 2.75) is 13.8 Å². The van der Waals surface area contributed by atoms with E-state index < -0.39 is 11.7 Å². The maximum atomic E-state index is 13.6. The second-order valence-electron chi connectivity index (χ2n) is 5.52. The molecule has 2 aromatic carbocycles. The molecule has 0 saturated heterocycles. The van der Waals surface area contributed by atoms with Crippen LogP contribution < -0.4 is 10.2 Å². The summed E-state index contributed by atoms with van der Waals surface area (Å²) >= 11 is 0. The van der Waals surface area contributed by atoms with E-state index in [2.05, 4.69) is 10.2 Å². The number of nitrogens with zero attached hydrogens (tertiary/aromatic N) is 2. The van der Waals surface area contributed by atoms with Crippen LogP contribution in [-0.2, 0) is 4.79 Å². The molecule has 1 amide bonds. The lowest BCUT2D eigenvalue weighted by molar-refractivity contribution is -0.112. The number of halogens is 1. The smallest absolute Gasteiger partial charge is 0.266 e. The molecular weight excluding hydrogens is 333 g/mol. The highest BCUT2D eigenvalue weighted by Gasteiger charge is 2.13. The second kappa shape index (κ2) is 8.67. The van der Waals surface area contributed by atoms with Crippen molar-refractivity contribution < 1.29 is 14.3 Å². The lowest BCUT2D eigenvalue weighted by Crippen LogP contribution is -2.21. The van der Waals surface area contributed by atoms with Gasteiger partial charge in [0.25, 0.3) is 5.91 Å². The standard InChI is InChI=1S/C20H20FN3O2/c1-3-24(4-2)16-10-9-14(19(25)12-16)11-15(13-22)20(26)23-18-8-6-5-7-17(18)21/h5-12,25H,3-4H2,1-2H3,(H,23,26)/b15-11-. The molecule has 134 valence electrons. The third-order valence-corrected chi connectivity index (χ3v) is 3.93. The second-order valence-corrected chi connectivity index (χ2v) is 5.52. The van der Waals surface area contributed by atoms with E-state index >= 15 is 0 Å². The monoisotopic (exact) mass is 353 g/mol. The zero-order valence-electron chi connectivity index (χ0n) is 14.7. The van der Waals surface area contributed by atoms with Gasteiger partial charge in [-0.05, 0) is 44.2 Å². The molecule has 2 aromatic rings. The van der Waals surface area contributed by atoms with Crippen LogP contribution in [0.25, 0.3) is 6.08 Å². The third-order valence-electron chi connectivity index (χ3n) is 3.93. The van der Waals surface area contributed by atoms with Crippen molar-refractivity contribution in [3.63, 3.8) is 0 Å². The van der Waals surface area contributed by atoms with Crippen molar-refractivity contribution in [2.75, 3.05) is 23.3 Å². The van der Waals surface area contributed by atoms with Crippen LogP contribution in [-0.4, -0.2) is 24.1 Å². The van der Waals surface area contributed by atoms with Crippen LogP contribution in [0.15, 0.2) is 48.0 Å². The minimum absolute atomic E-state index is 0.0141. The number of hydrogen-bond acceptors (Lipinski definition) is 4. The minimum atomic E-state index is -0.746. The van der Waals surface area contributed by atoms with E-state index in [-0.39, 0.29) is 17.0 Å². The topological polar surface area (TPSA) is 76.4 Å². The number of nitriles is 1. The summed E-state index contributed by atoms with van der Waals surface area (Å²) in [4.78, 5) is 14.3. The van der Waals surface area contributed by atoms with Gasteiger partial charge in [0.2, 0.25) is 0 Å². The van der Waals surface area contributed by atoms with Gasteiger partial charge in [-0.2, -0.15) is 5.26 Å². The predicted octanol–water partition coefficient (Wildman–Crippen LogP) is 3.92. The summed E-state index contributed by atoms with van der Waals surface area (Å²) in [5.41, 5.74) is 0.930. The zero-order valence-corrected chi connectivity index (χ0v) is 14.7. The molecule has 0 heterocycles. The van der Waals surface area contributed by atoms with Gasteiger partial charge in [0.15, 0.2) is 0 Å². The fourth-order valence-corrected chi connectivity index (χ4v) is 2.50. The first-order chi connectivity index (χ1) is 12.5. The van der Waals surface area contributed by atoms with Crippen molar-refractivity contribution in [1.29, 1.82) is 5.26 Å². The number of para-hydroxylation sites is 1. The molecule has 0 spiro atoms. The van der Waals surface area contributed by atoms with Crippen LogP contribution in [0.5, 0.6) is 5.75 Å². The number of anilines is 2. The normalized spacial score (nSPS) is 10.9. The Morgan fingerprint density at radius 2 is 1.96 bits per heavy atom. The number of phenolic OH excluding ortho intramolecular Hbond substituents is 1. The molecule has 6 heteroatoms. The first kappa shape index (κ1) is 19.0. The number of aromatic hydroxyl groups is 1. The Morgan fingerprint density at radius 1 is 1.27 bits per heavy atom. The molecular formula is C20H20FN3O2. The number of carbonyl (C=O) groups is 1. The Bertz CT molecular complexity index is 868. The highest BCUT2D eigenvalue weighted by atomic mass is 19.1. The summed E-state index contributed by atoms with van der Waals surface area (Å²) in [5, 5.41) is 21.8. The summed E-state index contributed by atoms with van der Waals surface area (Å²) in [6.07, 6.45) is 1.28. The quantitative estimate of drug-likeness (QED) is 0.609. The molecule has 0 aliphatic carbocycles. The van der Waals surface area contributed by atoms with Crippen LogP contribution in [0.3, 0.4) is 0 Å². The molecule has 0 aliphatic heterocycles. The number of amides is 1. The molecule has 0 radical (unpaired) electrons. The van der Waals surface area contributed by atoms with Crippen LogP contribution in [0.2, 0.25) is 0 Å². The van der Waals surface area contributed by atoms with Crippen LogP contribution in [0, 0.1) is 17.1 Å². The van der Waals surface area contributed by atoms with Crippen molar-refractivity contribution in [3.8, 4) is 11.8 Å². The van der Waals surface area contributed by atoms with Gasteiger partial charge in [-0.1, -0.05) is 12.1 Å². The van der Waals surface area contributed by atoms with E-state index in [0.717, 1.165) is 18.8 Å². The summed E-state index contributed by atoms with van der Waals surface area (Å²) in [6, 6.07) is 12.5. The largest absolute Gasteiger partial charge is 0.507 e. The molecule has 0 unspecified atom stereocenters. The van der Waals surface area contributed by atoms with E-state index in [1.54, 1.807) is 24.3 Å². The zero-order chi connectivity index (χ0) is 19.1. The van der Waals surface area contributed by atoms with Gasteiger partial charge in [-0.3, -0.25) is 4.79 Å². The molecule has 5 nitrogen and oxygen atoms in total. The van der Waals surface area contributed by atoms with E-state index in [9.17, 15) is 19.6 Å². The number of rotatable bonds is 6. The van der Waals surface area contributed by atoms with Crippen molar-refractivity contribution in [2.24, 2.45) is 0 Å². The maximum absolute atomic E-state index is 13.6. The summed E-state index contributed by atoms with van der Waals surface area (Å²) < 4.78 is 13.6. The lowest BCUT2D eigenvalue weighted by atomic mass is 10.1. The molecule has 0 fully saturated rings. The Morgan fingerprint density at radius 3 is 2.54 bits per heavy atom. The molecule has 2 rings (SSSR count). The van der Waals surface area contributed by atoms with Gasteiger partial charge < -0.3 is 15.3 Å². The molecule has 0 aliphatic rings. The van der Waals surface area contributed by atoms with Gasteiger partial charge in [-0.15, -0.1) is 0 Å². The number of phenols is 1. The Hall–Kier alpha value is -3.33. The van der Waals surface area contributed by atoms with E-state index in [1.807, 2.05) is 19.9 Å². The van der Waals surface area contributed by atoms with Crippen molar-refractivity contribution in [1.82, 2.24) is 0 Å². The first-order valence-corrected chi connectivity index (χ1v) is 8.25. The molecule has 0 saturated carbocycles. The molecule has 0 bridgehead atoms. The number of hydrogen-bond donors (Lipinski definition) is 2. The van der Waals surface area contributed by atoms with Crippen LogP contribution >= 0.6 is 0 Å². The highest BCUT2D eigenvalue weighted by molar-refractivity contribution is 6.09. The average molecular weight is 353 g/mol. The van der Waals surface area contributed by atoms with Crippen molar-refractivity contribution >= 4 is 23.4 Å². The maximum Gasteiger partial charge on any atom is 0.266 e. The van der Waals surface area contributed by atoms with Gasteiger partial charge in [0, 0.05) is 30.4 Å². The predicted molar refractivity (Wildman–Crippen MR) is 100 cm³/mol. The van der Waals surface area contributed by atoms with E-state index in [4.69, 9.17) is 0 Å². The number of carbonyl (C=O) groups excluding carboxylic acids is 1. The Labute approximate surface area is 152 Å². The summed E-state index contributed by atoms with van der Waals surface area (Å²) in [6.45, 7) is 5.60. The first-order valence-electron chi connectivity index (χ1n) is 8.25. The Kier molecular flexibility index (Phi) is 6.34. The summed E-state index contributed by atoms with van der Waals surface area (Å²) in [7, 11) is 0. The molecule has 0 atom stereocenters. The third kappa shape index (κ3) is 4.39. The van der Waals surface area contributed by atoms with Gasteiger partial charge >= 0.3 is 0 Å². The van der Waals surface area contributed by atoms with Crippen molar-refractivity contribution in [3.05, 3.63) is 59.4 Å². The number of nitrogens with one attached hydrogen (secondary N) is 1.